The largest absolute Gasteiger partial charge is 0.489 e. The summed E-state index contributed by atoms with van der Waals surface area (Å²) in [4.78, 5) is 16.7. The van der Waals surface area contributed by atoms with Crippen LogP contribution < -0.4 is 15.4 Å². The lowest BCUT2D eigenvalue weighted by molar-refractivity contribution is 0.0934. The zero-order valence-corrected chi connectivity index (χ0v) is 18.7. The van der Waals surface area contributed by atoms with Gasteiger partial charge in [-0.3, -0.25) is 9.69 Å². The molecule has 3 aromatic rings. The molecule has 6 heteroatoms. The summed E-state index contributed by atoms with van der Waals surface area (Å²) in [6, 6.07) is 18.6. The number of carbonyl (C=O) groups excluding carboxylic acids is 1. The summed E-state index contributed by atoms with van der Waals surface area (Å²) in [5.41, 5.74) is 4.23. The third-order valence-corrected chi connectivity index (χ3v) is 7.20. The average Bonchev–Trinajstić information content (AvgIpc) is 3.17. The minimum atomic E-state index is -0.232. The number of thiophene rings is 1. The number of ether oxygens (including phenoxy) is 1. The lowest BCUT2D eigenvalue weighted by atomic mass is 9.99. The third kappa shape index (κ3) is 4.05. The number of nitrogens with one attached hydrogen (secondary N) is 2. The minimum absolute atomic E-state index is 0.0265. The molecule has 5 rings (SSSR count). The van der Waals surface area contributed by atoms with Crippen molar-refractivity contribution >= 4 is 22.2 Å². The van der Waals surface area contributed by atoms with Crippen LogP contribution in [-0.2, 0) is 19.6 Å². The summed E-state index contributed by atoms with van der Waals surface area (Å²) in [6.07, 6.45) is 0.705. The van der Waals surface area contributed by atoms with Gasteiger partial charge < -0.3 is 15.4 Å². The highest BCUT2D eigenvalue weighted by atomic mass is 32.1. The standard InChI is InChI=1S/C25H27N3O2S/c1-16(2)28-13-12-20-21(14-28)31-25-22(20)24(29)26-23(27-25)18-8-10-19(11-9-18)30-15-17-6-4-3-5-7-17/h3-11,16,23,27H,12-15H2,1-2H3,(H,26,29). The summed E-state index contributed by atoms with van der Waals surface area (Å²) in [5, 5.41) is 7.68. The van der Waals surface area contributed by atoms with Crippen LogP contribution in [0.5, 0.6) is 5.75 Å². The van der Waals surface area contributed by atoms with Gasteiger partial charge in [-0.1, -0.05) is 42.5 Å². The Morgan fingerprint density at radius 3 is 2.61 bits per heavy atom. The van der Waals surface area contributed by atoms with Crippen molar-refractivity contribution in [1.29, 1.82) is 0 Å². The number of hydrogen-bond donors (Lipinski definition) is 2. The maximum atomic E-state index is 13.0. The lowest BCUT2D eigenvalue weighted by Crippen LogP contribution is -2.39. The molecule has 0 fully saturated rings. The van der Waals surface area contributed by atoms with E-state index in [1.54, 1.807) is 11.3 Å². The van der Waals surface area contributed by atoms with Crippen molar-refractivity contribution in [2.75, 3.05) is 11.9 Å². The van der Waals surface area contributed by atoms with Crippen molar-refractivity contribution in [3.8, 4) is 5.75 Å². The topological polar surface area (TPSA) is 53.6 Å². The summed E-state index contributed by atoms with van der Waals surface area (Å²) in [5.74, 6) is 0.842. The Morgan fingerprint density at radius 2 is 1.87 bits per heavy atom. The molecule has 2 N–H and O–H groups in total. The monoisotopic (exact) mass is 433 g/mol. The Hall–Kier alpha value is -2.83. The molecular weight excluding hydrogens is 406 g/mol. The first-order chi connectivity index (χ1) is 15.1. The molecule has 0 saturated carbocycles. The zero-order valence-electron chi connectivity index (χ0n) is 17.9. The van der Waals surface area contributed by atoms with Gasteiger partial charge in [-0.2, -0.15) is 0 Å². The summed E-state index contributed by atoms with van der Waals surface area (Å²) >= 11 is 1.73. The van der Waals surface area contributed by atoms with E-state index in [4.69, 9.17) is 4.74 Å². The second-order valence-corrected chi connectivity index (χ2v) is 9.52. The Labute approximate surface area is 187 Å². The molecule has 5 nitrogen and oxygen atoms in total. The van der Waals surface area contributed by atoms with E-state index >= 15 is 0 Å². The van der Waals surface area contributed by atoms with Gasteiger partial charge in [-0.15, -0.1) is 11.3 Å². The molecule has 1 aromatic heterocycles. The van der Waals surface area contributed by atoms with Crippen LogP contribution in [0.3, 0.4) is 0 Å². The fourth-order valence-corrected chi connectivity index (χ4v) is 5.54. The fourth-order valence-electron chi connectivity index (χ4n) is 4.24. The summed E-state index contributed by atoms with van der Waals surface area (Å²) < 4.78 is 5.89. The molecule has 0 radical (unpaired) electrons. The van der Waals surface area contributed by atoms with E-state index < -0.39 is 0 Å². The number of fused-ring (bicyclic) bond motifs is 3. The number of amides is 1. The van der Waals surface area contributed by atoms with Crippen LogP contribution in [0, 0.1) is 0 Å². The van der Waals surface area contributed by atoms with Crippen LogP contribution in [0.2, 0.25) is 0 Å². The van der Waals surface area contributed by atoms with Gasteiger partial charge in [-0.05, 0) is 49.1 Å². The third-order valence-electron chi connectivity index (χ3n) is 6.06. The van der Waals surface area contributed by atoms with E-state index in [0.29, 0.717) is 12.6 Å². The number of benzene rings is 2. The lowest BCUT2D eigenvalue weighted by Gasteiger charge is -2.31. The SMILES string of the molecule is CC(C)N1CCc2c(sc3c2C(=O)NC(c2ccc(OCc4ccccc4)cc2)N3)C1. The normalized spacial score (nSPS) is 18.2. The molecule has 160 valence electrons. The number of hydrogen-bond acceptors (Lipinski definition) is 5. The number of anilines is 1. The van der Waals surface area contributed by atoms with E-state index in [2.05, 4.69) is 41.5 Å². The van der Waals surface area contributed by atoms with E-state index in [0.717, 1.165) is 47.0 Å². The molecule has 1 amide bonds. The van der Waals surface area contributed by atoms with Crippen molar-refractivity contribution in [3.05, 3.63) is 81.7 Å². The maximum Gasteiger partial charge on any atom is 0.256 e. The highest BCUT2D eigenvalue weighted by Gasteiger charge is 2.33. The highest BCUT2D eigenvalue weighted by Crippen LogP contribution is 2.41. The molecule has 0 saturated heterocycles. The second-order valence-electron chi connectivity index (χ2n) is 8.42. The van der Waals surface area contributed by atoms with Crippen molar-refractivity contribution in [3.63, 3.8) is 0 Å². The molecule has 1 atom stereocenters. The smallest absolute Gasteiger partial charge is 0.256 e. The van der Waals surface area contributed by atoms with Gasteiger partial charge in [0.1, 0.15) is 23.5 Å². The molecule has 1 unspecified atom stereocenters. The van der Waals surface area contributed by atoms with E-state index in [1.165, 1.54) is 10.4 Å². The predicted octanol–water partition coefficient (Wildman–Crippen LogP) is 4.95. The molecule has 0 spiro atoms. The summed E-state index contributed by atoms with van der Waals surface area (Å²) in [6.45, 7) is 6.93. The molecule has 2 aliphatic heterocycles. The van der Waals surface area contributed by atoms with Crippen molar-refractivity contribution in [2.45, 2.75) is 45.6 Å². The van der Waals surface area contributed by atoms with Crippen LogP contribution in [0.15, 0.2) is 54.6 Å². The van der Waals surface area contributed by atoms with Gasteiger partial charge in [0.15, 0.2) is 0 Å². The average molecular weight is 434 g/mol. The van der Waals surface area contributed by atoms with E-state index in [1.807, 2.05) is 42.5 Å². The van der Waals surface area contributed by atoms with Gasteiger partial charge in [0, 0.05) is 24.0 Å². The molecule has 2 aromatic carbocycles. The predicted molar refractivity (Wildman–Crippen MR) is 125 cm³/mol. The Kier molecular flexibility index (Phi) is 5.42. The van der Waals surface area contributed by atoms with Crippen LogP contribution in [-0.4, -0.2) is 23.4 Å². The molecule has 2 aliphatic rings. The van der Waals surface area contributed by atoms with Gasteiger partial charge in [0.2, 0.25) is 0 Å². The van der Waals surface area contributed by atoms with Crippen LogP contribution in [0.1, 0.15) is 51.9 Å². The Bertz CT molecular complexity index is 1080. The van der Waals surface area contributed by atoms with E-state index in [-0.39, 0.29) is 12.1 Å². The van der Waals surface area contributed by atoms with Crippen LogP contribution in [0.4, 0.5) is 5.00 Å². The first kappa shape index (κ1) is 20.1. The first-order valence-corrected chi connectivity index (χ1v) is 11.6. The van der Waals surface area contributed by atoms with Gasteiger partial charge in [-0.25, -0.2) is 0 Å². The first-order valence-electron chi connectivity index (χ1n) is 10.8. The zero-order chi connectivity index (χ0) is 21.4. The van der Waals surface area contributed by atoms with Gasteiger partial charge >= 0.3 is 0 Å². The highest BCUT2D eigenvalue weighted by molar-refractivity contribution is 7.16. The molecular formula is C25H27N3O2S. The maximum absolute atomic E-state index is 13.0. The minimum Gasteiger partial charge on any atom is -0.489 e. The van der Waals surface area contributed by atoms with Crippen molar-refractivity contribution in [1.82, 2.24) is 10.2 Å². The summed E-state index contributed by atoms with van der Waals surface area (Å²) in [7, 11) is 0. The molecule has 0 bridgehead atoms. The van der Waals surface area contributed by atoms with Crippen molar-refractivity contribution < 1.29 is 9.53 Å². The van der Waals surface area contributed by atoms with Crippen molar-refractivity contribution in [2.24, 2.45) is 0 Å². The molecule has 3 heterocycles. The Balaban J connectivity index is 1.29. The van der Waals surface area contributed by atoms with Crippen LogP contribution in [0.25, 0.3) is 0 Å². The molecule has 0 aliphatic carbocycles. The quantitative estimate of drug-likeness (QED) is 0.598. The molecule has 31 heavy (non-hydrogen) atoms. The fraction of sp³-hybridized carbons (Fsp3) is 0.320. The number of rotatable bonds is 5. The second kappa shape index (κ2) is 8.36. The van der Waals surface area contributed by atoms with E-state index in [9.17, 15) is 4.79 Å². The Morgan fingerprint density at radius 1 is 1.10 bits per heavy atom. The van der Waals surface area contributed by atoms with Gasteiger partial charge in [0.05, 0.1) is 5.56 Å². The van der Waals surface area contributed by atoms with Gasteiger partial charge in [0.25, 0.3) is 5.91 Å². The number of nitrogens with zero attached hydrogens (tertiary/aromatic N) is 1. The van der Waals surface area contributed by atoms with Crippen LogP contribution >= 0.6 is 11.3 Å². The number of carbonyl (C=O) groups is 1.